The Morgan fingerprint density at radius 1 is 1.00 bits per heavy atom. The standard InChI is InChI=1S/C27H19F4N5O2/c1-15-23(16-13-19(28)24-21(14-16)32-11-12-33-24)25(34-20-9-5-3-7-17(20)26(37)38-2)36(35-15)22-10-6-4-8-18(22)27(29,30)31/h3-14,34H,1-2H3. The van der Waals surface area contributed by atoms with Crippen LogP contribution in [-0.4, -0.2) is 32.8 Å². The predicted molar refractivity (Wildman–Crippen MR) is 133 cm³/mol. The van der Waals surface area contributed by atoms with E-state index in [1.54, 1.807) is 31.2 Å². The molecule has 0 radical (unpaired) electrons. The number of ether oxygens (including phenoxy) is 1. The first-order chi connectivity index (χ1) is 18.2. The topological polar surface area (TPSA) is 81.9 Å². The molecule has 0 saturated carbocycles. The van der Waals surface area contributed by atoms with Crippen LogP contribution in [0, 0.1) is 12.7 Å². The van der Waals surface area contributed by atoms with E-state index in [2.05, 4.69) is 20.4 Å². The summed E-state index contributed by atoms with van der Waals surface area (Å²) in [6.07, 6.45) is -1.91. The first-order valence-electron chi connectivity index (χ1n) is 11.3. The molecule has 0 fully saturated rings. The Morgan fingerprint density at radius 3 is 2.47 bits per heavy atom. The molecule has 0 aliphatic heterocycles. The molecule has 3 aromatic carbocycles. The molecule has 0 aliphatic rings. The molecule has 0 aliphatic carbocycles. The molecule has 5 aromatic rings. The zero-order valence-electron chi connectivity index (χ0n) is 20.0. The highest BCUT2D eigenvalue weighted by molar-refractivity contribution is 5.97. The number of methoxy groups -OCH3 is 1. The van der Waals surface area contributed by atoms with Crippen molar-refractivity contribution >= 4 is 28.5 Å². The van der Waals surface area contributed by atoms with Crippen molar-refractivity contribution in [3.05, 3.63) is 95.7 Å². The van der Waals surface area contributed by atoms with Gasteiger partial charge in [0.25, 0.3) is 0 Å². The fourth-order valence-electron chi connectivity index (χ4n) is 4.24. The zero-order valence-corrected chi connectivity index (χ0v) is 20.0. The summed E-state index contributed by atoms with van der Waals surface area (Å²) in [5.74, 6) is -1.23. The Kier molecular flexibility index (Phi) is 6.27. The normalized spacial score (nSPS) is 11.5. The number of alkyl halides is 3. The number of rotatable bonds is 5. The zero-order chi connectivity index (χ0) is 27.0. The van der Waals surface area contributed by atoms with Crippen LogP contribution in [0.15, 0.2) is 73.1 Å². The third kappa shape index (κ3) is 4.42. The van der Waals surface area contributed by atoms with E-state index in [1.807, 2.05) is 0 Å². The lowest BCUT2D eigenvalue weighted by Crippen LogP contribution is -2.13. The Labute approximate surface area is 213 Å². The van der Waals surface area contributed by atoms with E-state index in [0.717, 1.165) is 10.7 Å². The highest BCUT2D eigenvalue weighted by Gasteiger charge is 2.35. The van der Waals surface area contributed by atoms with Crippen molar-refractivity contribution in [2.45, 2.75) is 13.1 Å². The van der Waals surface area contributed by atoms with Gasteiger partial charge >= 0.3 is 12.1 Å². The second kappa shape index (κ2) is 9.58. The number of carbonyl (C=O) groups is 1. The lowest BCUT2D eigenvalue weighted by atomic mass is 10.0. The third-order valence-electron chi connectivity index (χ3n) is 5.90. The van der Waals surface area contributed by atoms with Gasteiger partial charge in [0.2, 0.25) is 0 Å². The Morgan fingerprint density at radius 2 is 1.71 bits per heavy atom. The number of nitrogens with zero attached hydrogens (tertiary/aromatic N) is 4. The monoisotopic (exact) mass is 521 g/mol. The molecule has 38 heavy (non-hydrogen) atoms. The number of fused-ring (bicyclic) bond motifs is 1. The average molecular weight is 521 g/mol. The average Bonchev–Trinajstić information content (AvgIpc) is 3.23. The largest absolute Gasteiger partial charge is 0.465 e. The Balaban J connectivity index is 1.80. The molecule has 0 unspecified atom stereocenters. The lowest BCUT2D eigenvalue weighted by molar-refractivity contribution is -0.137. The van der Waals surface area contributed by atoms with Crippen LogP contribution < -0.4 is 5.32 Å². The first-order valence-corrected chi connectivity index (χ1v) is 11.3. The molecule has 0 amide bonds. The van der Waals surface area contributed by atoms with Gasteiger partial charge in [0.15, 0.2) is 5.82 Å². The van der Waals surface area contributed by atoms with Gasteiger partial charge in [0.05, 0.1) is 40.8 Å². The maximum Gasteiger partial charge on any atom is 0.418 e. The number of halogens is 4. The van der Waals surface area contributed by atoms with Crippen LogP contribution in [0.3, 0.4) is 0 Å². The Bertz CT molecular complexity index is 1680. The number of aryl methyl sites for hydroxylation is 1. The maximum absolute atomic E-state index is 15.0. The summed E-state index contributed by atoms with van der Waals surface area (Å²) < 4.78 is 62.9. The number of hydrogen-bond donors (Lipinski definition) is 1. The summed E-state index contributed by atoms with van der Waals surface area (Å²) in [6.45, 7) is 1.60. The van der Waals surface area contributed by atoms with Crippen molar-refractivity contribution < 1.29 is 27.1 Å². The second-order valence-corrected chi connectivity index (χ2v) is 8.28. The Hall–Kier alpha value is -4.80. The minimum atomic E-state index is -4.68. The summed E-state index contributed by atoms with van der Waals surface area (Å²) in [5, 5.41) is 7.47. The molecule has 1 N–H and O–H groups in total. The highest BCUT2D eigenvalue weighted by Crippen LogP contribution is 2.40. The minimum absolute atomic E-state index is 0.0502. The molecular formula is C27H19F4N5O2. The highest BCUT2D eigenvalue weighted by atomic mass is 19.4. The summed E-state index contributed by atoms with van der Waals surface area (Å²) in [7, 11) is 1.22. The van der Waals surface area contributed by atoms with E-state index in [-0.39, 0.29) is 33.8 Å². The van der Waals surface area contributed by atoms with Crippen molar-refractivity contribution in [1.82, 2.24) is 19.7 Å². The summed E-state index contributed by atoms with van der Waals surface area (Å²) in [5.41, 5.74) is 0.457. The van der Waals surface area contributed by atoms with Gasteiger partial charge in [-0.1, -0.05) is 24.3 Å². The van der Waals surface area contributed by atoms with Gasteiger partial charge in [-0.3, -0.25) is 4.98 Å². The maximum atomic E-state index is 15.0. The lowest BCUT2D eigenvalue weighted by Gasteiger charge is -2.18. The molecule has 0 bridgehead atoms. The molecule has 0 saturated heterocycles. The van der Waals surface area contributed by atoms with Crippen LogP contribution in [0.1, 0.15) is 21.6 Å². The van der Waals surface area contributed by atoms with Crippen LogP contribution in [0.5, 0.6) is 0 Å². The van der Waals surface area contributed by atoms with Crippen LogP contribution in [-0.2, 0) is 10.9 Å². The molecule has 2 heterocycles. The van der Waals surface area contributed by atoms with E-state index in [4.69, 9.17) is 4.74 Å². The molecule has 192 valence electrons. The number of hydrogen-bond acceptors (Lipinski definition) is 6. The van der Waals surface area contributed by atoms with Crippen LogP contribution >= 0.6 is 0 Å². The summed E-state index contributed by atoms with van der Waals surface area (Å²) in [6, 6.07) is 14.1. The minimum Gasteiger partial charge on any atom is -0.465 e. The van der Waals surface area contributed by atoms with E-state index in [9.17, 15) is 18.0 Å². The van der Waals surface area contributed by atoms with E-state index in [0.29, 0.717) is 16.8 Å². The molecule has 0 atom stereocenters. The SMILES string of the molecule is COC(=O)c1ccccc1Nc1c(-c2cc(F)c3nccnc3c2)c(C)nn1-c1ccccc1C(F)(F)F. The first kappa shape index (κ1) is 24.9. The summed E-state index contributed by atoms with van der Waals surface area (Å²) in [4.78, 5) is 20.6. The molecule has 2 aromatic heterocycles. The van der Waals surface area contributed by atoms with Crippen molar-refractivity contribution in [2.75, 3.05) is 12.4 Å². The van der Waals surface area contributed by atoms with Gasteiger partial charge in [0.1, 0.15) is 11.3 Å². The second-order valence-electron chi connectivity index (χ2n) is 8.28. The smallest absolute Gasteiger partial charge is 0.418 e. The van der Waals surface area contributed by atoms with Crippen molar-refractivity contribution in [3.8, 4) is 16.8 Å². The molecule has 7 nitrogen and oxygen atoms in total. The summed E-state index contributed by atoms with van der Waals surface area (Å²) >= 11 is 0. The number of anilines is 2. The number of carbonyl (C=O) groups excluding carboxylic acids is 1. The van der Waals surface area contributed by atoms with Gasteiger partial charge in [-0.25, -0.2) is 18.9 Å². The van der Waals surface area contributed by atoms with Gasteiger partial charge in [0, 0.05) is 18.0 Å². The number of para-hydroxylation sites is 2. The number of esters is 1. The van der Waals surface area contributed by atoms with Crippen LogP contribution in [0.25, 0.3) is 27.8 Å². The van der Waals surface area contributed by atoms with Gasteiger partial charge in [-0.05, 0) is 48.9 Å². The van der Waals surface area contributed by atoms with Gasteiger partial charge < -0.3 is 10.1 Å². The van der Waals surface area contributed by atoms with Crippen molar-refractivity contribution in [2.24, 2.45) is 0 Å². The number of benzene rings is 3. The fourth-order valence-corrected chi connectivity index (χ4v) is 4.24. The number of nitrogens with one attached hydrogen (secondary N) is 1. The number of aromatic nitrogens is 4. The van der Waals surface area contributed by atoms with Crippen LogP contribution in [0.4, 0.5) is 29.1 Å². The molecule has 5 rings (SSSR count). The predicted octanol–water partition coefficient (Wildman–Crippen LogP) is 6.48. The molecular weight excluding hydrogens is 502 g/mol. The van der Waals surface area contributed by atoms with E-state index >= 15 is 4.39 Å². The van der Waals surface area contributed by atoms with Crippen molar-refractivity contribution in [1.29, 1.82) is 0 Å². The quantitative estimate of drug-likeness (QED) is 0.211. The van der Waals surface area contributed by atoms with E-state index < -0.39 is 23.5 Å². The molecule has 0 spiro atoms. The van der Waals surface area contributed by atoms with Gasteiger partial charge in [-0.15, -0.1) is 0 Å². The third-order valence-corrected chi connectivity index (χ3v) is 5.90. The van der Waals surface area contributed by atoms with Crippen LogP contribution in [0.2, 0.25) is 0 Å². The fraction of sp³-hybridized carbons (Fsp3) is 0.111. The van der Waals surface area contributed by atoms with E-state index in [1.165, 1.54) is 49.8 Å². The van der Waals surface area contributed by atoms with Gasteiger partial charge in [-0.2, -0.15) is 18.3 Å². The van der Waals surface area contributed by atoms with Crippen molar-refractivity contribution in [3.63, 3.8) is 0 Å². The molecule has 11 heteroatoms.